The van der Waals surface area contributed by atoms with Crippen LogP contribution in [0.2, 0.25) is 5.15 Å². The number of halogens is 1. The number of nitrogens with one attached hydrogen (secondary N) is 1. The summed E-state index contributed by atoms with van der Waals surface area (Å²) in [4.78, 5) is 19.3. The van der Waals surface area contributed by atoms with Crippen LogP contribution in [0.4, 0.5) is 0 Å². The Hall–Kier alpha value is -1.43. The quantitative estimate of drug-likeness (QED) is 0.864. The van der Waals surface area contributed by atoms with Gasteiger partial charge in [-0.15, -0.1) is 11.3 Å². The van der Waals surface area contributed by atoms with Crippen LogP contribution in [0.5, 0.6) is 0 Å². The predicted octanol–water partition coefficient (Wildman–Crippen LogP) is 2.83. The summed E-state index contributed by atoms with van der Waals surface area (Å²) in [5.74, 6) is -0.141. The molecule has 2 rings (SSSR count). The molecule has 0 aliphatic heterocycles. The van der Waals surface area contributed by atoms with E-state index in [4.69, 9.17) is 11.6 Å². The number of hydrogen-bond donors (Lipinski definition) is 1. The lowest BCUT2D eigenvalue weighted by atomic mass is 10.2. The number of pyridine rings is 1. The highest BCUT2D eigenvalue weighted by Crippen LogP contribution is 2.22. The molecule has 2 heterocycles. The third-order valence-corrected chi connectivity index (χ3v) is 4.12. The second-order valence-electron chi connectivity index (χ2n) is 4.57. The monoisotopic (exact) mass is 309 g/mol. The average molecular weight is 310 g/mol. The van der Waals surface area contributed by atoms with Gasteiger partial charge in [0.1, 0.15) is 5.15 Å². The van der Waals surface area contributed by atoms with E-state index in [1.54, 1.807) is 23.5 Å². The van der Waals surface area contributed by atoms with E-state index in [1.807, 2.05) is 25.5 Å². The number of rotatable bonds is 5. The fourth-order valence-electron chi connectivity index (χ4n) is 1.85. The van der Waals surface area contributed by atoms with E-state index in [1.165, 1.54) is 11.1 Å². The fourth-order valence-corrected chi connectivity index (χ4v) is 2.95. The third kappa shape index (κ3) is 3.79. The Morgan fingerprint density at radius 1 is 1.50 bits per heavy atom. The minimum atomic E-state index is -0.141. The van der Waals surface area contributed by atoms with E-state index in [-0.39, 0.29) is 11.9 Å². The van der Waals surface area contributed by atoms with Crippen molar-refractivity contribution in [1.82, 2.24) is 15.2 Å². The lowest BCUT2D eigenvalue weighted by Gasteiger charge is -2.23. The van der Waals surface area contributed by atoms with Gasteiger partial charge in [-0.25, -0.2) is 4.98 Å². The van der Waals surface area contributed by atoms with Crippen molar-refractivity contribution < 1.29 is 4.79 Å². The van der Waals surface area contributed by atoms with Gasteiger partial charge in [0.05, 0.1) is 6.04 Å². The van der Waals surface area contributed by atoms with Crippen molar-refractivity contribution >= 4 is 28.8 Å². The summed E-state index contributed by atoms with van der Waals surface area (Å²) in [6, 6.07) is 7.46. The molecule has 2 aromatic heterocycles. The third-order valence-electron chi connectivity index (χ3n) is 2.94. The summed E-state index contributed by atoms with van der Waals surface area (Å²) in [7, 11) is 4.00. The summed E-state index contributed by atoms with van der Waals surface area (Å²) in [5, 5.41) is 5.29. The van der Waals surface area contributed by atoms with Gasteiger partial charge < -0.3 is 10.2 Å². The molecule has 1 N–H and O–H groups in total. The van der Waals surface area contributed by atoms with Crippen molar-refractivity contribution in [3.63, 3.8) is 0 Å². The Labute approximate surface area is 127 Å². The van der Waals surface area contributed by atoms with Crippen LogP contribution in [0.1, 0.15) is 21.3 Å². The molecule has 0 saturated heterocycles. The Morgan fingerprint density at radius 2 is 2.30 bits per heavy atom. The first kappa shape index (κ1) is 15.0. The Bertz CT molecular complexity index is 572. The SMILES string of the molecule is CN(C)[C@@H](CNC(=O)c1ccnc(Cl)c1)c1cccs1. The molecule has 6 heteroatoms. The van der Waals surface area contributed by atoms with E-state index < -0.39 is 0 Å². The van der Waals surface area contributed by atoms with Crippen molar-refractivity contribution in [2.24, 2.45) is 0 Å². The maximum Gasteiger partial charge on any atom is 0.251 e. The summed E-state index contributed by atoms with van der Waals surface area (Å²) in [6.45, 7) is 0.548. The van der Waals surface area contributed by atoms with Gasteiger partial charge in [0.25, 0.3) is 5.91 Å². The lowest BCUT2D eigenvalue weighted by Crippen LogP contribution is -2.34. The van der Waals surface area contributed by atoms with Gasteiger partial charge in [0.15, 0.2) is 0 Å². The number of likely N-dealkylation sites (N-methyl/N-ethyl adjacent to an activating group) is 1. The standard InChI is InChI=1S/C14H16ClN3OS/c1-18(2)11(12-4-3-7-20-12)9-17-14(19)10-5-6-16-13(15)8-10/h3-8,11H,9H2,1-2H3,(H,17,19)/t11-/m0/s1. The molecular formula is C14H16ClN3OS. The van der Waals surface area contributed by atoms with E-state index >= 15 is 0 Å². The maximum atomic E-state index is 12.1. The molecule has 0 aromatic carbocycles. The van der Waals surface area contributed by atoms with Crippen LogP contribution in [0.25, 0.3) is 0 Å². The van der Waals surface area contributed by atoms with Gasteiger partial charge in [0.2, 0.25) is 0 Å². The van der Waals surface area contributed by atoms with Crippen LogP contribution in [0.3, 0.4) is 0 Å². The van der Waals surface area contributed by atoms with Gasteiger partial charge in [0, 0.05) is 23.2 Å². The molecule has 0 saturated carbocycles. The average Bonchev–Trinajstić information content (AvgIpc) is 2.92. The molecule has 20 heavy (non-hydrogen) atoms. The van der Waals surface area contributed by atoms with Crippen molar-refractivity contribution in [1.29, 1.82) is 0 Å². The van der Waals surface area contributed by atoms with E-state index in [2.05, 4.69) is 21.3 Å². The molecule has 0 aliphatic rings. The van der Waals surface area contributed by atoms with Crippen molar-refractivity contribution in [3.8, 4) is 0 Å². The molecule has 0 fully saturated rings. The molecular weight excluding hydrogens is 294 g/mol. The highest BCUT2D eigenvalue weighted by Gasteiger charge is 2.16. The summed E-state index contributed by atoms with van der Waals surface area (Å²) in [6.07, 6.45) is 1.53. The Morgan fingerprint density at radius 3 is 2.90 bits per heavy atom. The Balaban J connectivity index is 2.01. The van der Waals surface area contributed by atoms with E-state index in [0.29, 0.717) is 17.3 Å². The van der Waals surface area contributed by atoms with Crippen molar-refractivity contribution in [2.45, 2.75) is 6.04 Å². The summed E-state index contributed by atoms with van der Waals surface area (Å²) in [5.41, 5.74) is 0.522. The molecule has 2 aromatic rings. The first-order valence-corrected chi connectivity index (χ1v) is 7.43. The second-order valence-corrected chi connectivity index (χ2v) is 5.94. The largest absolute Gasteiger partial charge is 0.350 e. The molecule has 106 valence electrons. The van der Waals surface area contributed by atoms with E-state index in [0.717, 1.165) is 0 Å². The van der Waals surface area contributed by atoms with Crippen LogP contribution in [-0.2, 0) is 0 Å². The van der Waals surface area contributed by atoms with Crippen LogP contribution in [0, 0.1) is 0 Å². The molecule has 0 aliphatic carbocycles. The molecule has 4 nitrogen and oxygen atoms in total. The van der Waals surface area contributed by atoms with Crippen LogP contribution < -0.4 is 5.32 Å². The topological polar surface area (TPSA) is 45.2 Å². The van der Waals surface area contributed by atoms with Gasteiger partial charge in [-0.05, 0) is 37.7 Å². The number of nitrogens with zero attached hydrogens (tertiary/aromatic N) is 2. The minimum Gasteiger partial charge on any atom is -0.350 e. The highest BCUT2D eigenvalue weighted by atomic mass is 35.5. The molecule has 1 amide bonds. The zero-order valence-corrected chi connectivity index (χ0v) is 12.9. The molecule has 0 radical (unpaired) electrons. The lowest BCUT2D eigenvalue weighted by molar-refractivity contribution is 0.0942. The van der Waals surface area contributed by atoms with Gasteiger partial charge >= 0.3 is 0 Å². The molecule has 1 atom stereocenters. The van der Waals surface area contributed by atoms with Crippen LogP contribution >= 0.6 is 22.9 Å². The van der Waals surface area contributed by atoms with E-state index in [9.17, 15) is 4.79 Å². The first-order chi connectivity index (χ1) is 9.58. The minimum absolute atomic E-state index is 0.141. The maximum absolute atomic E-state index is 12.1. The van der Waals surface area contributed by atoms with Crippen molar-refractivity contribution in [3.05, 3.63) is 51.4 Å². The number of carbonyl (C=O) groups is 1. The molecule has 0 bridgehead atoms. The highest BCUT2D eigenvalue weighted by molar-refractivity contribution is 7.10. The number of hydrogen-bond acceptors (Lipinski definition) is 4. The number of aromatic nitrogens is 1. The number of carbonyl (C=O) groups excluding carboxylic acids is 1. The zero-order chi connectivity index (χ0) is 14.5. The van der Waals surface area contributed by atoms with Crippen molar-refractivity contribution in [2.75, 3.05) is 20.6 Å². The summed E-state index contributed by atoms with van der Waals surface area (Å²) >= 11 is 7.47. The molecule has 0 spiro atoms. The summed E-state index contributed by atoms with van der Waals surface area (Å²) < 4.78 is 0. The smallest absolute Gasteiger partial charge is 0.251 e. The van der Waals surface area contributed by atoms with Crippen LogP contribution in [0.15, 0.2) is 35.8 Å². The Kier molecular flexibility index (Phi) is 5.11. The first-order valence-electron chi connectivity index (χ1n) is 6.17. The number of thiophene rings is 1. The van der Waals surface area contributed by atoms with Gasteiger partial charge in [-0.2, -0.15) is 0 Å². The molecule has 0 unspecified atom stereocenters. The second kappa shape index (κ2) is 6.83. The zero-order valence-electron chi connectivity index (χ0n) is 11.3. The van der Waals surface area contributed by atoms with Gasteiger partial charge in [-0.3, -0.25) is 4.79 Å². The van der Waals surface area contributed by atoms with Gasteiger partial charge in [-0.1, -0.05) is 17.7 Å². The predicted molar refractivity (Wildman–Crippen MR) is 82.3 cm³/mol. The normalized spacial score (nSPS) is 12.4. The number of amides is 1. The fraction of sp³-hybridized carbons (Fsp3) is 0.286. The van der Waals surface area contributed by atoms with Crippen LogP contribution in [-0.4, -0.2) is 36.4 Å².